The fourth-order valence-electron chi connectivity index (χ4n) is 3.71. The number of fused-ring (bicyclic) bond motifs is 1. The highest BCUT2D eigenvalue weighted by molar-refractivity contribution is 6.14. The molecular formula is C22H23N7O2. The van der Waals surface area contributed by atoms with Crippen LogP contribution in [-0.2, 0) is 11.3 Å². The number of anilines is 2. The highest BCUT2D eigenvalue weighted by atomic mass is 16.2. The third-order valence-corrected chi connectivity index (χ3v) is 5.20. The minimum atomic E-state index is -0.535. The summed E-state index contributed by atoms with van der Waals surface area (Å²) in [5.74, 6) is 1.07. The summed E-state index contributed by atoms with van der Waals surface area (Å²) in [6.07, 6.45) is 5.47. The number of carbonyl (C=O) groups is 2. The van der Waals surface area contributed by atoms with Crippen molar-refractivity contribution < 1.29 is 9.59 Å². The molecule has 0 atom stereocenters. The van der Waals surface area contributed by atoms with Crippen molar-refractivity contribution in [2.24, 2.45) is 0 Å². The van der Waals surface area contributed by atoms with E-state index in [1.165, 1.54) is 16.7 Å². The number of amides is 3. The lowest BCUT2D eigenvalue weighted by molar-refractivity contribution is -0.115. The maximum Gasteiger partial charge on any atom is 0.326 e. The molecule has 1 saturated carbocycles. The summed E-state index contributed by atoms with van der Waals surface area (Å²) in [4.78, 5) is 28.1. The maximum atomic E-state index is 11.9. The van der Waals surface area contributed by atoms with E-state index in [2.05, 4.69) is 58.4 Å². The number of aromatic nitrogens is 3. The number of nitrogens with zero attached hydrogens (tertiary/aromatic N) is 3. The van der Waals surface area contributed by atoms with Crippen LogP contribution in [0.2, 0.25) is 0 Å². The lowest BCUT2D eigenvalue weighted by Gasteiger charge is -2.12. The van der Waals surface area contributed by atoms with E-state index >= 15 is 0 Å². The second-order valence-corrected chi connectivity index (χ2v) is 8.10. The molecule has 1 aromatic carbocycles. The van der Waals surface area contributed by atoms with Gasteiger partial charge >= 0.3 is 6.03 Å². The van der Waals surface area contributed by atoms with E-state index in [0.717, 1.165) is 18.7 Å². The number of imide groups is 1. The van der Waals surface area contributed by atoms with E-state index in [4.69, 9.17) is 4.98 Å². The standard InChI is InChI=1S/C22H23N7O2/c1-12-5-13(2)7-14(6-12)10-23-18-9-19(25-16-3-4-16)29-20(27-18)15(11-24-29)8-17-21(30)28-22(31)26-17/h5-9,11,16,25H,3-4,10H2,1-2H3,(H,23,27)(H2,26,28,30,31)/b17-8-. The number of benzene rings is 1. The van der Waals surface area contributed by atoms with Crippen LogP contribution in [-0.4, -0.2) is 32.6 Å². The molecule has 158 valence electrons. The van der Waals surface area contributed by atoms with Crippen molar-refractivity contribution in [3.8, 4) is 0 Å². The Morgan fingerprint density at radius 1 is 1.13 bits per heavy atom. The topological polar surface area (TPSA) is 112 Å². The van der Waals surface area contributed by atoms with Gasteiger partial charge in [0.05, 0.1) is 6.20 Å². The van der Waals surface area contributed by atoms with E-state index in [0.29, 0.717) is 29.6 Å². The zero-order valence-electron chi connectivity index (χ0n) is 17.3. The van der Waals surface area contributed by atoms with Crippen LogP contribution in [0.4, 0.5) is 16.4 Å². The number of hydrogen-bond donors (Lipinski definition) is 4. The lowest BCUT2D eigenvalue weighted by Crippen LogP contribution is -2.22. The number of carbonyl (C=O) groups excluding carboxylic acids is 2. The molecule has 3 heterocycles. The van der Waals surface area contributed by atoms with Crippen LogP contribution in [0.1, 0.15) is 35.1 Å². The monoisotopic (exact) mass is 417 g/mol. The van der Waals surface area contributed by atoms with E-state index in [1.54, 1.807) is 16.8 Å². The minimum absolute atomic E-state index is 0.173. The quantitative estimate of drug-likeness (QED) is 0.362. The summed E-state index contributed by atoms with van der Waals surface area (Å²) in [6, 6.07) is 8.30. The molecule has 2 aromatic heterocycles. The first kappa shape index (κ1) is 19.1. The molecule has 3 amide bonds. The number of nitrogens with one attached hydrogen (secondary N) is 4. The Morgan fingerprint density at radius 2 is 1.90 bits per heavy atom. The summed E-state index contributed by atoms with van der Waals surface area (Å²) in [6.45, 7) is 4.81. The molecule has 5 rings (SSSR count). The van der Waals surface area contributed by atoms with Crippen molar-refractivity contribution in [1.29, 1.82) is 0 Å². The third-order valence-electron chi connectivity index (χ3n) is 5.20. The first-order chi connectivity index (χ1) is 14.9. The molecule has 4 N–H and O–H groups in total. The van der Waals surface area contributed by atoms with Crippen molar-refractivity contribution in [2.75, 3.05) is 10.6 Å². The van der Waals surface area contributed by atoms with Gasteiger partial charge in [-0.2, -0.15) is 9.61 Å². The van der Waals surface area contributed by atoms with Gasteiger partial charge in [0.2, 0.25) is 0 Å². The van der Waals surface area contributed by atoms with Crippen LogP contribution in [0, 0.1) is 13.8 Å². The molecule has 2 fully saturated rings. The molecule has 3 aromatic rings. The maximum absolute atomic E-state index is 11.9. The Kier molecular flexibility index (Phi) is 4.58. The fraction of sp³-hybridized carbons (Fsp3) is 0.273. The van der Waals surface area contributed by atoms with Gasteiger partial charge in [0, 0.05) is 24.2 Å². The summed E-state index contributed by atoms with van der Waals surface area (Å²) in [7, 11) is 0. The van der Waals surface area contributed by atoms with E-state index in [1.807, 2.05) is 6.07 Å². The van der Waals surface area contributed by atoms with Crippen LogP contribution in [0.5, 0.6) is 0 Å². The van der Waals surface area contributed by atoms with E-state index < -0.39 is 11.9 Å². The van der Waals surface area contributed by atoms with Crippen LogP contribution in [0.15, 0.2) is 36.2 Å². The molecule has 0 radical (unpaired) electrons. The normalized spacial score (nSPS) is 17.2. The van der Waals surface area contributed by atoms with Gasteiger partial charge in [-0.05, 0) is 38.3 Å². The zero-order chi connectivity index (χ0) is 21.5. The summed E-state index contributed by atoms with van der Waals surface area (Å²) in [5, 5.41) is 16.0. The lowest BCUT2D eigenvalue weighted by atomic mass is 10.1. The Labute approximate surface area is 178 Å². The number of hydrogen-bond acceptors (Lipinski definition) is 6. The Balaban J connectivity index is 1.49. The first-order valence-electron chi connectivity index (χ1n) is 10.2. The number of urea groups is 1. The van der Waals surface area contributed by atoms with Crippen LogP contribution in [0.25, 0.3) is 11.7 Å². The highest BCUT2D eigenvalue weighted by Gasteiger charge is 2.25. The van der Waals surface area contributed by atoms with Crippen LogP contribution < -0.4 is 21.3 Å². The molecule has 2 aliphatic rings. The fourth-order valence-corrected chi connectivity index (χ4v) is 3.71. The smallest absolute Gasteiger partial charge is 0.326 e. The molecule has 1 saturated heterocycles. The van der Waals surface area contributed by atoms with Gasteiger partial charge in [-0.15, -0.1) is 0 Å². The molecule has 9 heteroatoms. The highest BCUT2D eigenvalue weighted by Crippen LogP contribution is 2.27. The zero-order valence-corrected chi connectivity index (χ0v) is 17.3. The molecule has 1 aliphatic heterocycles. The van der Waals surface area contributed by atoms with Gasteiger partial charge in [-0.3, -0.25) is 10.1 Å². The Morgan fingerprint density at radius 3 is 2.58 bits per heavy atom. The average molecular weight is 417 g/mol. The van der Waals surface area contributed by atoms with Gasteiger partial charge in [0.1, 0.15) is 17.3 Å². The molecule has 9 nitrogen and oxygen atoms in total. The minimum Gasteiger partial charge on any atom is -0.367 e. The second-order valence-electron chi connectivity index (χ2n) is 8.10. The number of rotatable bonds is 6. The predicted octanol–water partition coefficient (Wildman–Crippen LogP) is 2.71. The Hall–Kier alpha value is -3.88. The summed E-state index contributed by atoms with van der Waals surface area (Å²) >= 11 is 0. The van der Waals surface area contributed by atoms with Gasteiger partial charge in [0.25, 0.3) is 5.91 Å². The van der Waals surface area contributed by atoms with E-state index in [-0.39, 0.29) is 5.70 Å². The average Bonchev–Trinajstić information content (AvgIpc) is 3.34. The predicted molar refractivity (Wildman–Crippen MR) is 118 cm³/mol. The summed E-state index contributed by atoms with van der Waals surface area (Å²) < 4.78 is 1.72. The second kappa shape index (κ2) is 7.42. The molecular weight excluding hydrogens is 394 g/mol. The molecule has 0 unspecified atom stereocenters. The van der Waals surface area contributed by atoms with Crippen molar-refractivity contribution >= 4 is 35.3 Å². The molecule has 0 bridgehead atoms. The number of aryl methyl sites for hydroxylation is 2. The van der Waals surface area contributed by atoms with Crippen molar-refractivity contribution in [1.82, 2.24) is 25.2 Å². The van der Waals surface area contributed by atoms with Crippen molar-refractivity contribution in [2.45, 2.75) is 39.3 Å². The SMILES string of the molecule is Cc1cc(C)cc(CNc2cc(NC3CC3)n3ncc(/C=C4\NC(=O)NC4=O)c3n2)c1. The van der Waals surface area contributed by atoms with Crippen LogP contribution >= 0.6 is 0 Å². The van der Waals surface area contributed by atoms with Gasteiger partial charge in [-0.25, -0.2) is 9.78 Å². The van der Waals surface area contributed by atoms with Crippen molar-refractivity contribution in [3.05, 3.63) is 58.4 Å². The summed E-state index contributed by atoms with van der Waals surface area (Å²) in [5.41, 5.74) is 5.02. The van der Waals surface area contributed by atoms with Crippen LogP contribution in [0.3, 0.4) is 0 Å². The molecule has 0 spiro atoms. The Bertz CT molecular complexity index is 1220. The van der Waals surface area contributed by atoms with Crippen molar-refractivity contribution in [3.63, 3.8) is 0 Å². The first-order valence-corrected chi connectivity index (χ1v) is 10.2. The van der Waals surface area contributed by atoms with Gasteiger partial charge < -0.3 is 16.0 Å². The van der Waals surface area contributed by atoms with Gasteiger partial charge in [-0.1, -0.05) is 29.3 Å². The molecule has 31 heavy (non-hydrogen) atoms. The van der Waals surface area contributed by atoms with E-state index in [9.17, 15) is 9.59 Å². The molecule has 1 aliphatic carbocycles. The van der Waals surface area contributed by atoms with Gasteiger partial charge in [0.15, 0.2) is 5.65 Å². The largest absolute Gasteiger partial charge is 0.367 e. The third kappa shape index (κ3) is 4.07.